The molecule has 1 N–H and O–H groups in total. The normalized spacial score (nSPS) is 53.0. The van der Waals surface area contributed by atoms with Crippen LogP contribution in [0, 0.1) is 93.7 Å². The number of hydrogen-bond acceptors (Lipinski definition) is 6. The first-order valence-electron chi connectivity index (χ1n) is 17.2. The molecule has 43 heavy (non-hydrogen) atoms. The Balaban J connectivity index is 0.000000140. The van der Waals surface area contributed by atoms with E-state index in [9.17, 15) is 14.7 Å². The number of fused-ring (bicyclic) bond motifs is 18. The Morgan fingerprint density at radius 1 is 0.698 bits per heavy atom. The van der Waals surface area contributed by atoms with E-state index in [0.717, 1.165) is 59.2 Å². The van der Waals surface area contributed by atoms with Crippen molar-refractivity contribution in [2.24, 2.45) is 93.7 Å². The van der Waals surface area contributed by atoms with Crippen LogP contribution in [0.15, 0.2) is 24.3 Å². The second-order valence-corrected chi connectivity index (χ2v) is 16.3. The Labute approximate surface area is 258 Å². The molecule has 8 aliphatic carbocycles. The van der Waals surface area contributed by atoms with E-state index in [2.05, 4.69) is 52.0 Å². The van der Waals surface area contributed by atoms with Crippen LogP contribution >= 0.6 is 0 Å². The number of methoxy groups -OCH3 is 3. The van der Waals surface area contributed by atoms with Crippen molar-refractivity contribution in [1.82, 2.24) is 0 Å². The third-order valence-corrected chi connectivity index (χ3v) is 15.8. The summed E-state index contributed by atoms with van der Waals surface area (Å²) in [4.78, 5) is 23.4. The van der Waals surface area contributed by atoms with Gasteiger partial charge in [-0.25, -0.2) is 0 Å². The fourth-order valence-electron chi connectivity index (χ4n) is 13.7. The highest BCUT2D eigenvalue weighted by atomic mass is 16.5. The minimum absolute atomic E-state index is 0.0194. The van der Waals surface area contributed by atoms with Crippen molar-refractivity contribution < 1.29 is 28.9 Å². The van der Waals surface area contributed by atoms with Crippen LogP contribution in [0.1, 0.15) is 66.2 Å². The monoisotopic (exact) mass is 594 g/mol. The van der Waals surface area contributed by atoms with E-state index in [0.29, 0.717) is 30.1 Å². The van der Waals surface area contributed by atoms with Gasteiger partial charge in [-0.15, -0.1) is 0 Å². The summed E-state index contributed by atoms with van der Waals surface area (Å²) in [6.45, 7) is 9.31. The number of aliphatic hydroxyl groups excluding tert-OH is 1. The van der Waals surface area contributed by atoms with Crippen LogP contribution in [-0.2, 0) is 23.8 Å². The molecule has 6 nitrogen and oxygen atoms in total. The van der Waals surface area contributed by atoms with E-state index >= 15 is 0 Å². The predicted octanol–water partition coefficient (Wildman–Crippen LogP) is 5.94. The van der Waals surface area contributed by atoms with E-state index in [1.807, 2.05) is 0 Å². The lowest BCUT2D eigenvalue weighted by atomic mass is 9.56. The van der Waals surface area contributed by atoms with Crippen molar-refractivity contribution in [3.8, 4) is 0 Å². The third-order valence-electron chi connectivity index (χ3n) is 15.8. The largest absolute Gasteiger partial charge is 0.469 e. The van der Waals surface area contributed by atoms with Gasteiger partial charge in [0.2, 0.25) is 0 Å². The van der Waals surface area contributed by atoms with Crippen LogP contribution in [0.3, 0.4) is 0 Å². The highest BCUT2D eigenvalue weighted by Crippen LogP contribution is 2.74. The number of carbonyl (C=O) groups is 2. The van der Waals surface area contributed by atoms with Crippen molar-refractivity contribution in [1.29, 1.82) is 0 Å². The van der Waals surface area contributed by atoms with Gasteiger partial charge >= 0.3 is 11.9 Å². The van der Waals surface area contributed by atoms with Crippen LogP contribution in [0.25, 0.3) is 0 Å². The van der Waals surface area contributed by atoms with Gasteiger partial charge in [0.15, 0.2) is 0 Å². The summed E-state index contributed by atoms with van der Waals surface area (Å²) in [5, 5.41) is 10.8. The topological polar surface area (TPSA) is 82.1 Å². The highest BCUT2D eigenvalue weighted by Gasteiger charge is 2.70. The summed E-state index contributed by atoms with van der Waals surface area (Å²) in [6.07, 6.45) is 15.1. The van der Waals surface area contributed by atoms with E-state index < -0.39 is 6.10 Å². The lowest BCUT2D eigenvalue weighted by molar-refractivity contribution is -0.151. The van der Waals surface area contributed by atoms with E-state index in [4.69, 9.17) is 14.2 Å². The molecule has 0 amide bonds. The fourth-order valence-corrected chi connectivity index (χ4v) is 13.7. The zero-order valence-electron chi connectivity index (χ0n) is 27.3. The van der Waals surface area contributed by atoms with Crippen molar-refractivity contribution >= 4 is 11.9 Å². The molecule has 8 rings (SSSR count). The standard InChI is InChI=1S/C19H28O3.C18H26O3/c1-10-13-8-14(18-12-6-5-11(7-12)17(13)18)19(10,2)15(21-3)9-16(20)22-4;1-9-12-7-13(17-11-5-4-10(6-11)16(12)17)18(9,2)14(19)8-15(20)21-3/h5-6,10-15,17-18H,7-9H2,1-4H3;4-5,9-14,16-17,19H,6-8H2,1-3H3. The molecule has 18 unspecified atom stereocenters. The first-order valence-corrected chi connectivity index (χ1v) is 17.2. The maximum atomic E-state index is 11.8. The molecule has 0 aromatic heterocycles. The van der Waals surface area contributed by atoms with Crippen molar-refractivity contribution in [3.63, 3.8) is 0 Å². The van der Waals surface area contributed by atoms with Gasteiger partial charge in [-0.3, -0.25) is 9.59 Å². The Morgan fingerprint density at radius 2 is 1.12 bits per heavy atom. The van der Waals surface area contributed by atoms with Crippen LogP contribution < -0.4 is 0 Å². The number of ether oxygens (including phenoxy) is 3. The smallest absolute Gasteiger partial charge is 0.308 e. The molecule has 0 spiro atoms. The van der Waals surface area contributed by atoms with Gasteiger partial charge in [-0.05, 0) is 109 Å². The molecule has 6 heteroatoms. The zero-order valence-corrected chi connectivity index (χ0v) is 27.3. The average Bonchev–Trinajstić information content (AvgIpc) is 3.85. The molecule has 6 fully saturated rings. The molecule has 0 aromatic carbocycles. The van der Waals surface area contributed by atoms with Crippen LogP contribution in [0.2, 0.25) is 0 Å². The summed E-state index contributed by atoms with van der Waals surface area (Å²) < 4.78 is 15.5. The molecule has 238 valence electrons. The number of esters is 2. The SMILES string of the molecule is COC(=O)CC(O)C1(C)C(C)C2CC1C1C3C=CC(C3)C21.COC(=O)CC(OC)C1(C)C(C)C2CC1C1C3C=CC(C3)C21. The van der Waals surface area contributed by atoms with E-state index in [1.54, 1.807) is 7.11 Å². The van der Waals surface area contributed by atoms with Gasteiger partial charge in [-0.1, -0.05) is 52.0 Å². The highest BCUT2D eigenvalue weighted by molar-refractivity contribution is 5.70. The Morgan fingerprint density at radius 3 is 1.58 bits per heavy atom. The molecule has 8 aliphatic rings. The summed E-state index contributed by atoms with van der Waals surface area (Å²) in [7, 11) is 4.63. The van der Waals surface area contributed by atoms with Crippen molar-refractivity contribution in [2.75, 3.05) is 21.3 Å². The van der Waals surface area contributed by atoms with Crippen molar-refractivity contribution in [2.45, 2.75) is 78.4 Å². The van der Waals surface area contributed by atoms with Gasteiger partial charge < -0.3 is 19.3 Å². The maximum Gasteiger partial charge on any atom is 0.308 e. The second-order valence-electron chi connectivity index (χ2n) is 16.3. The molecule has 18 atom stereocenters. The molecule has 0 saturated heterocycles. The number of allylic oxidation sites excluding steroid dienone is 4. The summed E-state index contributed by atoms with van der Waals surface area (Å²) >= 11 is 0. The second kappa shape index (κ2) is 10.4. The van der Waals surface area contributed by atoms with Gasteiger partial charge in [-0.2, -0.15) is 0 Å². The van der Waals surface area contributed by atoms with Gasteiger partial charge in [0.05, 0.1) is 39.3 Å². The Kier molecular flexibility index (Phi) is 7.29. The van der Waals surface area contributed by atoms with Gasteiger partial charge in [0, 0.05) is 17.9 Å². The minimum Gasteiger partial charge on any atom is -0.469 e. The Bertz CT molecular complexity index is 1190. The lowest BCUT2D eigenvalue weighted by Crippen LogP contribution is -2.50. The maximum absolute atomic E-state index is 11.8. The Hall–Kier alpha value is -1.66. The zero-order chi connectivity index (χ0) is 30.6. The summed E-state index contributed by atoms with van der Waals surface area (Å²) in [6, 6.07) is 0. The molecule has 6 saturated carbocycles. The number of aliphatic hydroxyl groups is 1. The molecule has 0 aromatic rings. The molecule has 0 heterocycles. The third kappa shape index (κ3) is 3.96. The quantitative estimate of drug-likeness (QED) is 0.223. The van der Waals surface area contributed by atoms with Crippen LogP contribution in [0.5, 0.6) is 0 Å². The summed E-state index contributed by atoms with van der Waals surface area (Å²) in [5.41, 5.74) is -0.0224. The molecule has 0 radical (unpaired) electrons. The molecule has 0 aliphatic heterocycles. The van der Waals surface area contributed by atoms with Gasteiger partial charge in [0.25, 0.3) is 0 Å². The predicted molar refractivity (Wildman–Crippen MR) is 163 cm³/mol. The van der Waals surface area contributed by atoms with Crippen molar-refractivity contribution in [3.05, 3.63) is 24.3 Å². The van der Waals surface area contributed by atoms with E-state index in [-0.39, 0.29) is 35.3 Å². The van der Waals surface area contributed by atoms with Crippen LogP contribution in [0.4, 0.5) is 0 Å². The molecule has 8 bridgehead atoms. The number of carbonyl (C=O) groups excluding carboxylic acids is 2. The van der Waals surface area contributed by atoms with E-state index in [1.165, 1.54) is 39.9 Å². The number of hydrogen-bond donors (Lipinski definition) is 1. The first kappa shape index (κ1) is 30.0. The molecular formula is C37H54O6. The molecular weight excluding hydrogens is 540 g/mol. The first-order chi connectivity index (χ1) is 20.5. The average molecular weight is 595 g/mol. The number of rotatable bonds is 7. The summed E-state index contributed by atoms with van der Waals surface area (Å²) in [5.74, 6) is 9.97. The fraction of sp³-hybridized carbons (Fsp3) is 0.838. The minimum atomic E-state index is -0.570. The van der Waals surface area contributed by atoms with Gasteiger partial charge in [0.1, 0.15) is 0 Å². The van der Waals surface area contributed by atoms with Crippen LogP contribution in [-0.4, -0.2) is 50.6 Å². The lowest BCUT2D eigenvalue weighted by Gasteiger charge is -2.50.